The molecule has 1 N–H and O–H groups in total. The average molecular weight is 292 g/mol. The molecule has 1 aromatic carbocycles. The fourth-order valence-electron chi connectivity index (χ4n) is 1.89. The van der Waals surface area contributed by atoms with Gasteiger partial charge >= 0.3 is 5.97 Å². The number of hydrogen-bond donors (Lipinski definition) is 1. The summed E-state index contributed by atoms with van der Waals surface area (Å²) in [4.78, 5) is 19.3. The number of halogens is 2. The van der Waals surface area contributed by atoms with Crippen LogP contribution in [0.5, 0.6) is 0 Å². The Hall–Kier alpha value is -2.41. The molecule has 0 aliphatic carbocycles. The molecule has 0 radical (unpaired) electrons. The number of thiazole rings is 1. The van der Waals surface area contributed by atoms with Crippen LogP contribution in [0.1, 0.15) is 10.4 Å². The standard InChI is InChI=1S/C13H6F2N2O2S/c14-6-3-7-8(13(18)19)5-10(12-16-1-2-20-12)17-11(7)9(15)4-6/h1-5H,(H,18,19). The molecule has 0 fully saturated rings. The molecular formula is C13H6F2N2O2S. The molecule has 0 aliphatic heterocycles. The zero-order valence-corrected chi connectivity index (χ0v) is 10.6. The molecule has 2 aromatic heterocycles. The summed E-state index contributed by atoms with van der Waals surface area (Å²) >= 11 is 1.25. The summed E-state index contributed by atoms with van der Waals surface area (Å²) in [6.45, 7) is 0. The summed E-state index contributed by atoms with van der Waals surface area (Å²) < 4.78 is 27.0. The van der Waals surface area contributed by atoms with E-state index in [9.17, 15) is 18.7 Å². The minimum Gasteiger partial charge on any atom is -0.478 e. The topological polar surface area (TPSA) is 63.1 Å². The SMILES string of the molecule is O=C(O)c1cc(-c2nccs2)nc2c(F)cc(F)cc12. The first kappa shape index (κ1) is 12.6. The van der Waals surface area contributed by atoms with Crippen LogP contribution in [0.25, 0.3) is 21.6 Å². The lowest BCUT2D eigenvalue weighted by molar-refractivity contribution is 0.0699. The van der Waals surface area contributed by atoms with Crippen molar-refractivity contribution in [3.63, 3.8) is 0 Å². The highest BCUT2D eigenvalue weighted by Crippen LogP contribution is 2.28. The van der Waals surface area contributed by atoms with Crippen LogP contribution in [0.4, 0.5) is 8.78 Å². The van der Waals surface area contributed by atoms with E-state index in [4.69, 9.17) is 0 Å². The number of rotatable bonds is 2. The van der Waals surface area contributed by atoms with E-state index in [1.54, 1.807) is 5.38 Å². The molecule has 0 amide bonds. The van der Waals surface area contributed by atoms with E-state index in [0.717, 1.165) is 6.07 Å². The third kappa shape index (κ3) is 2.01. The third-order valence-electron chi connectivity index (χ3n) is 2.71. The largest absolute Gasteiger partial charge is 0.478 e. The number of carbonyl (C=O) groups is 1. The first-order chi connectivity index (χ1) is 9.56. The molecule has 20 heavy (non-hydrogen) atoms. The van der Waals surface area contributed by atoms with Gasteiger partial charge in [-0.15, -0.1) is 11.3 Å². The first-order valence-corrected chi connectivity index (χ1v) is 6.37. The molecule has 0 bridgehead atoms. The number of aromatic carboxylic acids is 1. The minimum absolute atomic E-state index is 0.0738. The molecule has 3 rings (SSSR count). The lowest BCUT2D eigenvalue weighted by Gasteiger charge is -2.06. The minimum atomic E-state index is -1.28. The second-order valence-electron chi connectivity index (χ2n) is 3.98. The van der Waals surface area contributed by atoms with E-state index in [1.807, 2.05) is 0 Å². The van der Waals surface area contributed by atoms with E-state index >= 15 is 0 Å². The maximum absolute atomic E-state index is 13.8. The summed E-state index contributed by atoms with van der Waals surface area (Å²) in [5.74, 6) is -3.03. The Balaban J connectivity index is 2.40. The molecule has 3 aromatic rings. The van der Waals surface area contributed by atoms with Crippen LogP contribution in [0, 0.1) is 11.6 Å². The van der Waals surface area contributed by atoms with Crippen molar-refractivity contribution in [2.75, 3.05) is 0 Å². The second-order valence-corrected chi connectivity index (χ2v) is 4.88. The van der Waals surface area contributed by atoms with Gasteiger partial charge in [0.1, 0.15) is 22.0 Å². The Morgan fingerprint density at radius 1 is 1.25 bits per heavy atom. The van der Waals surface area contributed by atoms with Gasteiger partial charge < -0.3 is 5.11 Å². The van der Waals surface area contributed by atoms with Gasteiger partial charge in [0.05, 0.1) is 5.56 Å². The summed E-state index contributed by atoms with van der Waals surface area (Å²) in [7, 11) is 0. The molecule has 2 heterocycles. The highest BCUT2D eigenvalue weighted by molar-refractivity contribution is 7.13. The summed E-state index contributed by atoms with van der Waals surface area (Å²) in [5, 5.41) is 11.3. The fraction of sp³-hybridized carbons (Fsp3) is 0. The number of nitrogens with zero attached hydrogens (tertiary/aromatic N) is 2. The molecule has 0 unspecified atom stereocenters. The van der Waals surface area contributed by atoms with Crippen molar-refractivity contribution >= 4 is 28.2 Å². The molecule has 0 spiro atoms. The first-order valence-electron chi connectivity index (χ1n) is 5.49. The predicted molar refractivity (Wildman–Crippen MR) is 69.7 cm³/mol. The zero-order valence-electron chi connectivity index (χ0n) is 9.80. The van der Waals surface area contributed by atoms with Gasteiger partial charge in [0.2, 0.25) is 0 Å². The zero-order chi connectivity index (χ0) is 14.3. The average Bonchev–Trinajstić information content (AvgIpc) is 2.91. The van der Waals surface area contributed by atoms with E-state index in [1.165, 1.54) is 23.6 Å². The Kier molecular flexibility index (Phi) is 2.90. The van der Waals surface area contributed by atoms with Gasteiger partial charge in [-0.3, -0.25) is 0 Å². The van der Waals surface area contributed by atoms with Gasteiger partial charge in [0, 0.05) is 23.0 Å². The quantitative estimate of drug-likeness (QED) is 0.787. The molecule has 0 saturated heterocycles. The van der Waals surface area contributed by atoms with Crippen LogP contribution in [0.3, 0.4) is 0 Å². The maximum Gasteiger partial charge on any atom is 0.336 e. The van der Waals surface area contributed by atoms with E-state index < -0.39 is 17.6 Å². The van der Waals surface area contributed by atoms with Gasteiger partial charge in [-0.2, -0.15) is 0 Å². The van der Waals surface area contributed by atoms with Crippen molar-refractivity contribution in [1.82, 2.24) is 9.97 Å². The van der Waals surface area contributed by atoms with Crippen molar-refractivity contribution < 1.29 is 18.7 Å². The highest BCUT2D eigenvalue weighted by atomic mass is 32.1. The van der Waals surface area contributed by atoms with Crippen molar-refractivity contribution in [2.24, 2.45) is 0 Å². The van der Waals surface area contributed by atoms with Gasteiger partial charge in [0.25, 0.3) is 0 Å². The predicted octanol–water partition coefficient (Wildman–Crippen LogP) is 3.33. The van der Waals surface area contributed by atoms with Crippen molar-refractivity contribution in [2.45, 2.75) is 0 Å². The van der Waals surface area contributed by atoms with Crippen molar-refractivity contribution in [3.05, 3.63) is 47.0 Å². The van der Waals surface area contributed by atoms with Crippen molar-refractivity contribution in [3.8, 4) is 10.7 Å². The molecule has 0 saturated carbocycles. The molecule has 0 aliphatic rings. The normalized spacial score (nSPS) is 10.9. The Morgan fingerprint density at radius 2 is 2.05 bits per heavy atom. The molecule has 4 nitrogen and oxygen atoms in total. The van der Waals surface area contributed by atoms with Gasteiger partial charge in [-0.1, -0.05) is 0 Å². The number of pyridine rings is 1. The third-order valence-corrected chi connectivity index (χ3v) is 3.51. The van der Waals surface area contributed by atoms with E-state index in [-0.39, 0.29) is 22.2 Å². The molecule has 0 atom stereocenters. The van der Waals surface area contributed by atoms with Crippen LogP contribution < -0.4 is 0 Å². The van der Waals surface area contributed by atoms with Gasteiger partial charge in [-0.25, -0.2) is 23.5 Å². The lowest BCUT2D eigenvalue weighted by Crippen LogP contribution is -2.02. The number of hydrogen-bond acceptors (Lipinski definition) is 4. The number of carboxylic acid groups (broad SMARTS) is 1. The summed E-state index contributed by atoms with van der Waals surface area (Å²) in [6, 6.07) is 2.90. The van der Waals surface area contributed by atoms with E-state index in [0.29, 0.717) is 11.1 Å². The molecule has 100 valence electrons. The van der Waals surface area contributed by atoms with Crippen LogP contribution in [-0.2, 0) is 0 Å². The molecule has 7 heteroatoms. The van der Waals surface area contributed by atoms with Crippen molar-refractivity contribution in [1.29, 1.82) is 0 Å². The fourth-order valence-corrected chi connectivity index (χ4v) is 2.49. The maximum atomic E-state index is 13.8. The summed E-state index contributed by atoms with van der Waals surface area (Å²) in [6.07, 6.45) is 1.54. The number of carboxylic acids is 1. The Labute approximate surface area is 115 Å². The number of fused-ring (bicyclic) bond motifs is 1. The number of benzene rings is 1. The van der Waals surface area contributed by atoms with Crippen LogP contribution in [0.2, 0.25) is 0 Å². The summed E-state index contributed by atoms with van der Waals surface area (Å²) in [5.41, 5.74) is -0.148. The monoisotopic (exact) mass is 292 g/mol. The molecular weight excluding hydrogens is 286 g/mol. The Bertz CT molecular complexity index is 819. The second kappa shape index (κ2) is 4.61. The Morgan fingerprint density at radius 3 is 2.70 bits per heavy atom. The van der Waals surface area contributed by atoms with Crippen LogP contribution in [0.15, 0.2) is 29.8 Å². The highest BCUT2D eigenvalue weighted by Gasteiger charge is 2.17. The van der Waals surface area contributed by atoms with Crippen LogP contribution in [-0.4, -0.2) is 21.0 Å². The van der Waals surface area contributed by atoms with E-state index in [2.05, 4.69) is 9.97 Å². The number of aromatic nitrogens is 2. The van der Waals surface area contributed by atoms with Crippen LogP contribution >= 0.6 is 11.3 Å². The van der Waals surface area contributed by atoms with Gasteiger partial charge in [0.15, 0.2) is 5.82 Å². The van der Waals surface area contributed by atoms with Gasteiger partial charge in [-0.05, 0) is 12.1 Å². The smallest absolute Gasteiger partial charge is 0.336 e. The lowest BCUT2D eigenvalue weighted by atomic mass is 10.1.